The zero-order chi connectivity index (χ0) is 31.6. The summed E-state index contributed by atoms with van der Waals surface area (Å²) < 4.78 is 178. The molecule has 0 fully saturated rings. The number of hydrogen-bond acceptors (Lipinski definition) is 3. The monoisotopic (exact) mass is 597 g/mol. The van der Waals surface area contributed by atoms with E-state index < -0.39 is 69.0 Å². The summed E-state index contributed by atoms with van der Waals surface area (Å²) in [6.45, 7) is 4.98. The summed E-state index contributed by atoms with van der Waals surface area (Å²) in [5, 5.41) is 23.8. The van der Waals surface area contributed by atoms with E-state index in [9.17, 15) is 72.4 Å². The molecule has 0 saturated heterocycles. The van der Waals surface area contributed by atoms with Gasteiger partial charge in [-0.05, 0) is 44.4 Å². The molecular weight excluding hydrogens is 575 g/mol. The summed E-state index contributed by atoms with van der Waals surface area (Å²) in [6, 6.07) is 2.33. The second kappa shape index (κ2) is 9.62. The van der Waals surface area contributed by atoms with Crippen molar-refractivity contribution in [2.45, 2.75) is 95.0 Å². The van der Waals surface area contributed by atoms with Gasteiger partial charge in [0.2, 0.25) is 0 Å². The molecule has 1 radical (unpaired) electrons. The number of aryl methyl sites for hydroxylation is 3. The van der Waals surface area contributed by atoms with E-state index in [4.69, 9.17) is 0 Å². The zero-order valence-corrected chi connectivity index (χ0v) is 20.9. The second-order valence-corrected chi connectivity index (χ2v) is 9.77. The van der Waals surface area contributed by atoms with Gasteiger partial charge in [0.1, 0.15) is 0 Å². The number of benzene rings is 1. The van der Waals surface area contributed by atoms with Crippen molar-refractivity contribution in [2.24, 2.45) is 0 Å². The van der Waals surface area contributed by atoms with Crippen LogP contribution in [0.2, 0.25) is 0 Å². The van der Waals surface area contributed by atoms with Crippen LogP contribution in [0.4, 0.5) is 57.1 Å². The third kappa shape index (κ3) is 5.13. The first kappa shape index (κ1) is 34.7. The zero-order valence-electron chi connectivity index (χ0n) is 20.9. The van der Waals surface area contributed by atoms with Gasteiger partial charge in [0.15, 0.2) is 0 Å². The molecule has 0 aromatic heterocycles. The van der Waals surface area contributed by atoms with Crippen LogP contribution >= 0.6 is 0 Å². The smallest absolute Gasteiger partial charge is 0.262 e. The van der Waals surface area contributed by atoms with Crippen LogP contribution in [-0.2, 0) is 10.7 Å². The Hall–Kier alpha value is -2.37. The number of hydrogen-bond donors (Lipinski definition) is 0. The maximum atomic E-state index is 15.0. The molecule has 225 valence electrons. The summed E-state index contributed by atoms with van der Waals surface area (Å²) in [5.41, 5.74) is -6.99. The molecule has 39 heavy (non-hydrogen) atoms. The number of hydroxylamine groups is 2. The predicted molar refractivity (Wildman–Crippen MR) is 107 cm³/mol. The molecule has 0 saturated carbocycles. The highest BCUT2D eigenvalue weighted by molar-refractivity contribution is 5.42. The van der Waals surface area contributed by atoms with Crippen LogP contribution in [0, 0.1) is 30.9 Å². The Bertz CT molecular complexity index is 1080. The molecule has 1 unspecified atom stereocenters. The molecule has 5 nitrogen and oxygen atoms in total. The number of nitro groups is 1. The van der Waals surface area contributed by atoms with E-state index >= 15 is 0 Å². The quantitative estimate of drug-likeness (QED) is 0.121. The Morgan fingerprint density at radius 3 is 1.41 bits per heavy atom. The molecule has 0 aliphatic heterocycles. The number of alkyl halides is 13. The van der Waals surface area contributed by atoms with E-state index in [-0.39, 0.29) is 11.1 Å². The van der Waals surface area contributed by atoms with Crippen LogP contribution in [0.1, 0.15) is 49.4 Å². The van der Waals surface area contributed by atoms with E-state index in [1.165, 1.54) is 6.92 Å². The molecule has 18 heteroatoms. The first-order chi connectivity index (χ1) is 16.9. The van der Waals surface area contributed by atoms with Gasteiger partial charge in [-0.3, -0.25) is 10.1 Å². The molecule has 1 atom stereocenters. The van der Waals surface area contributed by atoms with Crippen molar-refractivity contribution in [2.75, 3.05) is 0 Å². The second-order valence-electron chi connectivity index (χ2n) is 9.77. The lowest BCUT2D eigenvalue weighted by atomic mass is 9.77. The summed E-state index contributed by atoms with van der Waals surface area (Å²) in [7, 11) is 0. The molecule has 0 amide bonds. The summed E-state index contributed by atoms with van der Waals surface area (Å²) in [6.07, 6.45) is -10.5. The fourth-order valence-electron chi connectivity index (χ4n) is 4.31. The SMILES string of the molecule is Cc1cc(C)c(C(C)(CC(F)(F)C(F)(F)C(F)(F)C(F)(F)C(F)(F)C(F)(F)F)N([O])C(C)(C)[N+](=O)[O-])c(C)c1. The third-order valence-corrected chi connectivity index (χ3v) is 6.17. The van der Waals surface area contributed by atoms with Gasteiger partial charge in [-0.15, -0.1) is 5.21 Å². The van der Waals surface area contributed by atoms with E-state index in [2.05, 4.69) is 0 Å². The average Bonchev–Trinajstić information content (AvgIpc) is 2.70. The first-order valence-electron chi connectivity index (χ1n) is 10.5. The maximum absolute atomic E-state index is 15.0. The third-order valence-electron chi connectivity index (χ3n) is 6.17. The molecule has 0 aliphatic carbocycles. The number of rotatable bonds is 10. The number of nitrogens with zero attached hydrogens (tertiary/aromatic N) is 2. The van der Waals surface area contributed by atoms with Crippen molar-refractivity contribution in [1.82, 2.24) is 5.06 Å². The summed E-state index contributed by atoms with van der Waals surface area (Å²) in [4.78, 5) is 10.1. The normalized spacial score (nSPS) is 16.4. The van der Waals surface area contributed by atoms with E-state index in [0.717, 1.165) is 26.0 Å². The minimum Gasteiger partial charge on any atom is -0.262 e. The summed E-state index contributed by atoms with van der Waals surface area (Å²) in [5.74, 6) is -38.4. The average molecular weight is 597 g/mol. The van der Waals surface area contributed by atoms with E-state index in [1.807, 2.05) is 0 Å². The molecule has 1 aromatic rings. The minimum absolute atomic E-state index is 0.185. The van der Waals surface area contributed by atoms with Crippen LogP contribution in [0.3, 0.4) is 0 Å². The highest BCUT2D eigenvalue weighted by atomic mass is 19.4. The van der Waals surface area contributed by atoms with Crippen molar-refractivity contribution in [1.29, 1.82) is 0 Å². The fourth-order valence-corrected chi connectivity index (χ4v) is 4.31. The van der Waals surface area contributed by atoms with Crippen molar-refractivity contribution in [3.63, 3.8) is 0 Å². The fraction of sp³-hybridized carbons (Fsp3) is 0.714. The lowest BCUT2D eigenvalue weighted by molar-refractivity contribution is -0.631. The molecule has 0 spiro atoms. The van der Waals surface area contributed by atoms with E-state index in [1.54, 1.807) is 0 Å². The van der Waals surface area contributed by atoms with Gasteiger partial charge in [0.05, 0.1) is 5.54 Å². The van der Waals surface area contributed by atoms with Crippen molar-refractivity contribution in [3.05, 3.63) is 44.5 Å². The van der Waals surface area contributed by atoms with Crippen LogP contribution in [0.5, 0.6) is 0 Å². The Balaban J connectivity index is 3.98. The Labute approximate surface area is 212 Å². The van der Waals surface area contributed by atoms with Crippen molar-refractivity contribution >= 4 is 0 Å². The molecule has 0 heterocycles. The van der Waals surface area contributed by atoms with Gasteiger partial charge < -0.3 is 0 Å². The van der Waals surface area contributed by atoms with Gasteiger partial charge in [-0.2, -0.15) is 57.1 Å². The topological polar surface area (TPSA) is 66.3 Å². The predicted octanol–water partition coefficient (Wildman–Crippen LogP) is 7.62. The van der Waals surface area contributed by atoms with Gasteiger partial charge >= 0.3 is 35.8 Å². The Morgan fingerprint density at radius 1 is 0.718 bits per heavy atom. The maximum Gasteiger partial charge on any atom is 0.460 e. The van der Waals surface area contributed by atoms with Crippen molar-refractivity contribution < 1.29 is 67.2 Å². The Kier molecular flexibility index (Phi) is 8.55. The highest BCUT2D eigenvalue weighted by Crippen LogP contribution is 2.62. The van der Waals surface area contributed by atoms with Gasteiger partial charge in [0, 0.05) is 25.2 Å². The van der Waals surface area contributed by atoms with Crippen LogP contribution in [0.15, 0.2) is 12.1 Å². The molecule has 1 aromatic carbocycles. The van der Waals surface area contributed by atoms with Crippen LogP contribution in [-0.4, -0.2) is 51.4 Å². The number of halogens is 13. The molecule has 0 N–H and O–H groups in total. The standard InChI is InChI=1S/C21H22F13N2O3/c1-10-7-11(2)13(12(3)8-10)15(6,35(37)14(4,5)36(38)39)9-16(22,23)17(24,25)18(26,27)19(28,29)20(30,31)21(32,33)34/h7-8H,9H2,1-6H3. The van der Waals surface area contributed by atoms with Crippen LogP contribution < -0.4 is 0 Å². The molecular formula is C21H22F13N2O3. The van der Waals surface area contributed by atoms with Crippen molar-refractivity contribution in [3.8, 4) is 0 Å². The highest BCUT2D eigenvalue weighted by Gasteiger charge is 2.91. The Morgan fingerprint density at radius 2 is 1.08 bits per heavy atom. The van der Waals surface area contributed by atoms with Gasteiger partial charge in [-0.1, -0.05) is 22.8 Å². The molecule has 0 aliphatic rings. The summed E-state index contributed by atoms with van der Waals surface area (Å²) >= 11 is 0. The first-order valence-corrected chi connectivity index (χ1v) is 10.5. The minimum atomic E-state index is -8.12. The van der Waals surface area contributed by atoms with Gasteiger partial charge in [-0.25, -0.2) is 0 Å². The molecule has 0 bridgehead atoms. The van der Waals surface area contributed by atoms with E-state index in [0.29, 0.717) is 26.3 Å². The van der Waals surface area contributed by atoms with Gasteiger partial charge in [0.25, 0.3) is 5.66 Å². The lowest BCUT2D eigenvalue weighted by Crippen LogP contribution is -2.71. The van der Waals surface area contributed by atoms with Crippen LogP contribution in [0.25, 0.3) is 0 Å². The molecule has 1 rings (SSSR count). The lowest BCUT2D eigenvalue weighted by Gasteiger charge is -2.45. The largest absolute Gasteiger partial charge is 0.460 e.